The maximum atomic E-state index is 12.2. The van der Waals surface area contributed by atoms with Crippen LogP contribution in [0.15, 0.2) is 36.4 Å². The van der Waals surface area contributed by atoms with Gasteiger partial charge in [0.1, 0.15) is 5.00 Å². The highest BCUT2D eigenvalue weighted by atomic mass is 32.1. The molecule has 1 atom stereocenters. The van der Waals surface area contributed by atoms with Crippen molar-refractivity contribution in [1.82, 2.24) is 4.90 Å². The highest BCUT2D eigenvalue weighted by molar-refractivity contribution is 7.80. The monoisotopic (exact) mass is 388 g/mol. The van der Waals surface area contributed by atoms with Gasteiger partial charge in [0.25, 0.3) is 0 Å². The number of carbonyl (C=O) groups excluding carboxylic acids is 1. The van der Waals surface area contributed by atoms with Crippen LogP contribution in [-0.2, 0) is 11.2 Å². The fraction of sp³-hybridized carbons (Fsp3) is 0.400. The molecule has 138 valence electrons. The molecule has 0 spiro atoms. The second kappa shape index (κ2) is 8.64. The predicted molar refractivity (Wildman–Crippen MR) is 111 cm³/mol. The predicted octanol–water partition coefficient (Wildman–Crippen LogP) is 4.70. The molecule has 2 heterocycles. The number of anilines is 1. The molecule has 1 aliphatic heterocycles. The summed E-state index contributed by atoms with van der Waals surface area (Å²) in [4.78, 5) is 15.5. The SMILES string of the molecule is COC(=O)c1cc(Cc2ccccc2)sc1NC(=S)N1CCCCC1C. The van der Waals surface area contributed by atoms with E-state index >= 15 is 0 Å². The smallest absolute Gasteiger partial charge is 0.340 e. The Morgan fingerprint density at radius 2 is 2.12 bits per heavy atom. The Morgan fingerprint density at radius 1 is 1.35 bits per heavy atom. The van der Waals surface area contributed by atoms with E-state index in [1.165, 1.54) is 19.1 Å². The van der Waals surface area contributed by atoms with E-state index in [0.29, 0.717) is 16.7 Å². The van der Waals surface area contributed by atoms with E-state index in [0.717, 1.165) is 35.7 Å². The molecule has 0 aliphatic carbocycles. The summed E-state index contributed by atoms with van der Waals surface area (Å²) in [5.41, 5.74) is 1.76. The van der Waals surface area contributed by atoms with Gasteiger partial charge in [-0.3, -0.25) is 0 Å². The Hall–Kier alpha value is -1.92. The number of methoxy groups -OCH3 is 1. The molecule has 1 aliphatic rings. The van der Waals surface area contributed by atoms with Gasteiger partial charge in [-0.2, -0.15) is 0 Å². The van der Waals surface area contributed by atoms with E-state index in [1.54, 1.807) is 11.3 Å². The Kier molecular flexibility index (Phi) is 6.27. The van der Waals surface area contributed by atoms with Crippen LogP contribution in [0.1, 0.15) is 47.0 Å². The third-order valence-electron chi connectivity index (χ3n) is 4.69. The van der Waals surface area contributed by atoms with Crippen molar-refractivity contribution in [3.05, 3.63) is 52.4 Å². The minimum absolute atomic E-state index is 0.336. The van der Waals surface area contributed by atoms with Crippen molar-refractivity contribution >= 4 is 39.6 Å². The number of thiophene rings is 1. The number of carbonyl (C=O) groups is 1. The van der Waals surface area contributed by atoms with E-state index in [9.17, 15) is 4.79 Å². The van der Waals surface area contributed by atoms with Crippen LogP contribution >= 0.6 is 23.6 Å². The highest BCUT2D eigenvalue weighted by Gasteiger charge is 2.23. The highest BCUT2D eigenvalue weighted by Crippen LogP contribution is 2.31. The van der Waals surface area contributed by atoms with Gasteiger partial charge in [0.2, 0.25) is 0 Å². The van der Waals surface area contributed by atoms with Gasteiger partial charge in [0.05, 0.1) is 12.7 Å². The normalized spacial score (nSPS) is 17.0. The third kappa shape index (κ3) is 4.43. The molecular formula is C20H24N2O2S2. The lowest BCUT2D eigenvalue weighted by molar-refractivity contribution is 0.0602. The first kappa shape index (κ1) is 18.9. The average Bonchev–Trinajstić information content (AvgIpc) is 3.04. The largest absolute Gasteiger partial charge is 0.465 e. The lowest BCUT2D eigenvalue weighted by Crippen LogP contribution is -2.44. The second-order valence-electron chi connectivity index (χ2n) is 6.58. The number of nitrogens with zero attached hydrogens (tertiary/aromatic N) is 1. The van der Waals surface area contributed by atoms with Gasteiger partial charge in [0, 0.05) is 23.9 Å². The molecule has 1 aromatic heterocycles. The third-order valence-corrected chi connectivity index (χ3v) is 6.08. The zero-order valence-electron chi connectivity index (χ0n) is 15.2. The molecule has 0 amide bonds. The van der Waals surface area contributed by atoms with Gasteiger partial charge < -0.3 is 15.0 Å². The van der Waals surface area contributed by atoms with Gasteiger partial charge in [-0.1, -0.05) is 30.3 Å². The number of thiocarbonyl (C=S) groups is 1. The van der Waals surface area contributed by atoms with Crippen LogP contribution in [0.25, 0.3) is 0 Å². The molecule has 1 fully saturated rings. The summed E-state index contributed by atoms with van der Waals surface area (Å²) in [5.74, 6) is -0.336. The van der Waals surface area contributed by atoms with Crippen LogP contribution < -0.4 is 5.32 Å². The standard InChI is InChI=1S/C20H24N2O2S2/c1-14-8-6-7-11-22(14)20(25)21-18-17(19(23)24-2)13-16(26-18)12-15-9-4-3-5-10-15/h3-5,9-10,13-14H,6-8,11-12H2,1-2H3,(H,21,25). The molecule has 3 rings (SSSR count). The van der Waals surface area contributed by atoms with Gasteiger partial charge in [-0.05, 0) is 50.0 Å². The summed E-state index contributed by atoms with van der Waals surface area (Å²) in [6.45, 7) is 3.16. The van der Waals surface area contributed by atoms with Gasteiger partial charge >= 0.3 is 5.97 Å². The maximum absolute atomic E-state index is 12.2. The van der Waals surface area contributed by atoms with Crippen molar-refractivity contribution in [3.63, 3.8) is 0 Å². The number of nitrogens with one attached hydrogen (secondary N) is 1. The maximum Gasteiger partial charge on any atom is 0.340 e. The van der Waals surface area contributed by atoms with E-state index in [4.69, 9.17) is 17.0 Å². The van der Waals surface area contributed by atoms with Crippen molar-refractivity contribution in [1.29, 1.82) is 0 Å². The van der Waals surface area contributed by atoms with E-state index in [2.05, 4.69) is 29.3 Å². The van der Waals surface area contributed by atoms with Crippen molar-refractivity contribution in [2.75, 3.05) is 19.0 Å². The van der Waals surface area contributed by atoms with Crippen molar-refractivity contribution < 1.29 is 9.53 Å². The van der Waals surface area contributed by atoms with Crippen molar-refractivity contribution in [2.45, 2.75) is 38.6 Å². The summed E-state index contributed by atoms with van der Waals surface area (Å²) >= 11 is 7.19. The zero-order valence-corrected chi connectivity index (χ0v) is 16.8. The summed E-state index contributed by atoms with van der Waals surface area (Å²) in [6, 6.07) is 12.6. The first-order chi connectivity index (χ1) is 12.6. The molecule has 2 aromatic rings. The van der Waals surface area contributed by atoms with Crippen LogP contribution in [-0.4, -0.2) is 35.7 Å². The van der Waals surface area contributed by atoms with Crippen LogP contribution in [0.2, 0.25) is 0 Å². The lowest BCUT2D eigenvalue weighted by atomic mass is 10.0. The summed E-state index contributed by atoms with van der Waals surface area (Å²) in [5, 5.41) is 4.77. The number of hydrogen-bond donors (Lipinski definition) is 1. The minimum atomic E-state index is -0.336. The first-order valence-corrected chi connectivity index (χ1v) is 10.1. The molecule has 1 N–H and O–H groups in total. The molecule has 26 heavy (non-hydrogen) atoms. The molecule has 0 radical (unpaired) electrons. The van der Waals surface area contributed by atoms with Gasteiger partial charge in [-0.25, -0.2) is 4.79 Å². The van der Waals surface area contributed by atoms with E-state index in [-0.39, 0.29) is 5.97 Å². The lowest BCUT2D eigenvalue weighted by Gasteiger charge is -2.35. The molecule has 0 bridgehead atoms. The minimum Gasteiger partial charge on any atom is -0.465 e. The number of likely N-dealkylation sites (tertiary alicyclic amines) is 1. The Morgan fingerprint density at radius 3 is 2.81 bits per heavy atom. The van der Waals surface area contributed by atoms with E-state index < -0.39 is 0 Å². The molecule has 4 nitrogen and oxygen atoms in total. The second-order valence-corrected chi connectivity index (χ2v) is 8.10. The van der Waals surface area contributed by atoms with Crippen LogP contribution in [0, 0.1) is 0 Å². The van der Waals surface area contributed by atoms with Crippen LogP contribution in [0.4, 0.5) is 5.00 Å². The van der Waals surface area contributed by atoms with Crippen LogP contribution in [0.3, 0.4) is 0 Å². The molecule has 6 heteroatoms. The molecular weight excluding hydrogens is 364 g/mol. The van der Waals surface area contributed by atoms with Gasteiger partial charge in [-0.15, -0.1) is 11.3 Å². The fourth-order valence-corrected chi connectivity index (χ4v) is 4.77. The van der Waals surface area contributed by atoms with Gasteiger partial charge in [0.15, 0.2) is 5.11 Å². The van der Waals surface area contributed by atoms with Crippen LogP contribution in [0.5, 0.6) is 0 Å². The Bertz CT molecular complexity index is 773. The fourth-order valence-electron chi connectivity index (χ4n) is 3.25. The Balaban J connectivity index is 1.80. The average molecular weight is 389 g/mol. The number of hydrogen-bond acceptors (Lipinski definition) is 4. The van der Waals surface area contributed by atoms with Crippen molar-refractivity contribution in [3.8, 4) is 0 Å². The van der Waals surface area contributed by atoms with Crippen molar-refractivity contribution in [2.24, 2.45) is 0 Å². The topological polar surface area (TPSA) is 41.6 Å². The number of rotatable bonds is 4. The van der Waals surface area contributed by atoms with E-state index in [1.807, 2.05) is 24.3 Å². The summed E-state index contributed by atoms with van der Waals surface area (Å²) in [6.07, 6.45) is 4.33. The molecule has 1 saturated heterocycles. The molecule has 1 aromatic carbocycles. The Labute approximate surface area is 164 Å². The number of esters is 1. The quantitative estimate of drug-likeness (QED) is 0.607. The molecule has 1 unspecified atom stereocenters. The first-order valence-electron chi connectivity index (χ1n) is 8.91. The molecule has 0 saturated carbocycles. The zero-order chi connectivity index (χ0) is 18.5. The number of benzene rings is 1. The summed E-state index contributed by atoms with van der Waals surface area (Å²) < 4.78 is 4.96. The number of piperidine rings is 1. The summed E-state index contributed by atoms with van der Waals surface area (Å²) in [7, 11) is 1.41. The number of ether oxygens (including phenoxy) is 1.